The quantitative estimate of drug-likeness (QED) is 0.808. The van der Waals surface area contributed by atoms with E-state index in [0.717, 1.165) is 42.6 Å². The van der Waals surface area contributed by atoms with Gasteiger partial charge in [0.05, 0.1) is 7.11 Å². The molecule has 0 spiro atoms. The highest BCUT2D eigenvalue weighted by Gasteiger charge is 2.17. The van der Waals surface area contributed by atoms with Crippen LogP contribution in [0.2, 0.25) is 0 Å². The van der Waals surface area contributed by atoms with Crippen LogP contribution in [0.15, 0.2) is 48.1 Å². The summed E-state index contributed by atoms with van der Waals surface area (Å²) in [5.74, 6) is 0.899. The van der Waals surface area contributed by atoms with E-state index in [1.165, 1.54) is 12.0 Å². The molecule has 0 aliphatic heterocycles. The SMILES string of the molecule is C=CCC1=C(C(=O)NCc2ccc(OC)cc2)CCCC1. The van der Waals surface area contributed by atoms with E-state index in [9.17, 15) is 4.79 Å². The lowest BCUT2D eigenvalue weighted by Gasteiger charge is -2.19. The first kappa shape index (κ1) is 15.4. The Kier molecular flexibility index (Phi) is 5.61. The van der Waals surface area contributed by atoms with Crippen molar-refractivity contribution in [2.75, 3.05) is 7.11 Å². The minimum absolute atomic E-state index is 0.0716. The van der Waals surface area contributed by atoms with Gasteiger partial charge in [0.2, 0.25) is 5.91 Å². The molecule has 0 saturated heterocycles. The first-order valence-electron chi connectivity index (χ1n) is 7.47. The van der Waals surface area contributed by atoms with Gasteiger partial charge in [0, 0.05) is 12.1 Å². The zero-order valence-electron chi connectivity index (χ0n) is 12.7. The minimum atomic E-state index is 0.0716. The van der Waals surface area contributed by atoms with E-state index >= 15 is 0 Å². The van der Waals surface area contributed by atoms with Gasteiger partial charge < -0.3 is 10.1 Å². The molecule has 1 aliphatic rings. The van der Waals surface area contributed by atoms with Gasteiger partial charge in [-0.25, -0.2) is 0 Å². The van der Waals surface area contributed by atoms with Crippen molar-refractivity contribution in [2.45, 2.75) is 38.6 Å². The van der Waals surface area contributed by atoms with Crippen molar-refractivity contribution in [2.24, 2.45) is 0 Å². The van der Waals surface area contributed by atoms with Gasteiger partial charge in [-0.3, -0.25) is 4.79 Å². The summed E-state index contributed by atoms with van der Waals surface area (Å²) >= 11 is 0. The fourth-order valence-corrected chi connectivity index (χ4v) is 2.67. The molecule has 0 unspecified atom stereocenters. The number of ether oxygens (including phenoxy) is 1. The van der Waals surface area contributed by atoms with Crippen LogP contribution in [0.3, 0.4) is 0 Å². The van der Waals surface area contributed by atoms with Crippen LogP contribution in [-0.4, -0.2) is 13.0 Å². The molecule has 3 nitrogen and oxygen atoms in total. The van der Waals surface area contributed by atoms with Crippen LogP contribution >= 0.6 is 0 Å². The molecule has 21 heavy (non-hydrogen) atoms. The molecule has 3 heteroatoms. The van der Waals surface area contributed by atoms with Crippen molar-refractivity contribution >= 4 is 5.91 Å². The Morgan fingerprint density at radius 2 is 2.00 bits per heavy atom. The van der Waals surface area contributed by atoms with E-state index in [1.807, 2.05) is 30.3 Å². The topological polar surface area (TPSA) is 38.3 Å². The van der Waals surface area contributed by atoms with Gasteiger partial charge >= 0.3 is 0 Å². The third-order valence-corrected chi connectivity index (χ3v) is 3.86. The van der Waals surface area contributed by atoms with Gasteiger partial charge in [0.1, 0.15) is 5.75 Å². The van der Waals surface area contributed by atoms with Crippen molar-refractivity contribution in [3.05, 3.63) is 53.6 Å². The Morgan fingerprint density at radius 1 is 1.29 bits per heavy atom. The first-order valence-corrected chi connectivity index (χ1v) is 7.47. The molecule has 0 bridgehead atoms. The molecular weight excluding hydrogens is 262 g/mol. The summed E-state index contributed by atoms with van der Waals surface area (Å²) in [6, 6.07) is 7.76. The van der Waals surface area contributed by atoms with Gasteiger partial charge in [-0.05, 0) is 49.8 Å². The molecule has 1 aromatic carbocycles. The van der Waals surface area contributed by atoms with Gasteiger partial charge in [-0.15, -0.1) is 6.58 Å². The lowest BCUT2D eigenvalue weighted by molar-refractivity contribution is -0.117. The highest BCUT2D eigenvalue weighted by molar-refractivity contribution is 5.94. The normalized spacial score (nSPS) is 14.7. The number of methoxy groups -OCH3 is 1. The van der Waals surface area contributed by atoms with Crippen molar-refractivity contribution in [1.82, 2.24) is 5.32 Å². The van der Waals surface area contributed by atoms with Crippen LogP contribution in [0.25, 0.3) is 0 Å². The number of hydrogen-bond donors (Lipinski definition) is 1. The molecule has 2 rings (SSSR count). The van der Waals surface area contributed by atoms with E-state index in [2.05, 4.69) is 11.9 Å². The monoisotopic (exact) mass is 285 g/mol. The number of hydrogen-bond acceptors (Lipinski definition) is 2. The number of amides is 1. The number of carbonyl (C=O) groups excluding carboxylic acids is 1. The lowest BCUT2D eigenvalue weighted by atomic mass is 9.89. The van der Waals surface area contributed by atoms with E-state index < -0.39 is 0 Å². The van der Waals surface area contributed by atoms with E-state index in [-0.39, 0.29) is 5.91 Å². The van der Waals surface area contributed by atoms with Gasteiger partial charge in [0.25, 0.3) is 0 Å². The third kappa shape index (κ3) is 4.22. The summed E-state index contributed by atoms with van der Waals surface area (Å²) in [4.78, 5) is 12.4. The minimum Gasteiger partial charge on any atom is -0.497 e. The average molecular weight is 285 g/mol. The molecule has 0 atom stereocenters. The van der Waals surface area contributed by atoms with Crippen molar-refractivity contribution in [1.29, 1.82) is 0 Å². The van der Waals surface area contributed by atoms with Crippen LogP contribution in [0, 0.1) is 0 Å². The van der Waals surface area contributed by atoms with Gasteiger partial charge in [-0.1, -0.05) is 23.8 Å². The maximum atomic E-state index is 12.4. The molecule has 1 aromatic rings. The second kappa shape index (κ2) is 7.67. The van der Waals surface area contributed by atoms with Crippen LogP contribution in [0.1, 0.15) is 37.7 Å². The largest absolute Gasteiger partial charge is 0.497 e. The predicted octanol–water partition coefficient (Wildman–Crippen LogP) is 3.76. The third-order valence-electron chi connectivity index (χ3n) is 3.86. The molecule has 1 aliphatic carbocycles. The maximum absolute atomic E-state index is 12.4. The van der Waals surface area contributed by atoms with E-state index in [4.69, 9.17) is 4.74 Å². The Bertz CT molecular complexity index is 529. The Hall–Kier alpha value is -2.03. The summed E-state index contributed by atoms with van der Waals surface area (Å²) in [6.45, 7) is 4.33. The smallest absolute Gasteiger partial charge is 0.247 e. The number of carbonyl (C=O) groups is 1. The van der Waals surface area contributed by atoms with Crippen molar-refractivity contribution < 1.29 is 9.53 Å². The summed E-state index contributed by atoms with van der Waals surface area (Å²) in [5, 5.41) is 3.02. The average Bonchev–Trinajstić information content (AvgIpc) is 2.54. The molecule has 0 aromatic heterocycles. The fraction of sp³-hybridized carbons (Fsp3) is 0.389. The number of rotatable bonds is 6. The number of benzene rings is 1. The summed E-state index contributed by atoms with van der Waals surface area (Å²) in [7, 11) is 1.65. The van der Waals surface area contributed by atoms with Gasteiger partial charge in [-0.2, -0.15) is 0 Å². The highest BCUT2D eigenvalue weighted by atomic mass is 16.5. The zero-order valence-corrected chi connectivity index (χ0v) is 12.7. The number of allylic oxidation sites excluding steroid dienone is 2. The predicted molar refractivity (Wildman–Crippen MR) is 85.1 cm³/mol. The van der Waals surface area contributed by atoms with Crippen LogP contribution in [-0.2, 0) is 11.3 Å². The van der Waals surface area contributed by atoms with Gasteiger partial charge in [0.15, 0.2) is 0 Å². The molecular formula is C18H23NO2. The van der Waals surface area contributed by atoms with Crippen LogP contribution in [0.5, 0.6) is 5.75 Å². The van der Waals surface area contributed by atoms with Crippen LogP contribution < -0.4 is 10.1 Å². The number of nitrogens with one attached hydrogen (secondary N) is 1. The fourth-order valence-electron chi connectivity index (χ4n) is 2.67. The maximum Gasteiger partial charge on any atom is 0.247 e. The Morgan fingerprint density at radius 3 is 2.67 bits per heavy atom. The molecule has 0 saturated carbocycles. The van der Waals surface area contributed by atoms with E-state index in [0.29, 0.717) is 6.54 Å². The molecule has 1 amide bonds. The second-order valence-corrected chi connectivity index (χ2v) is 5.31. The molecule has 0 fully saturated rings. The standard InChI is InChI=1S/C18H23NO2/c1-3-6-15-7-4-5-8-17(15)18(20)19-13-14-9-11-16(21-2)12-10-14/h3,9-12H,1,4-8,13H2,2H3,(H,19,20). The summed E-state index contributed by atoms with van der Waals surface area (Å²) in [6.07, 6.45) is 6.90. The molecule has 0 radical (unpaired) electrons. The Balaban J connectivity index is 1.97. The molecule has 1 N–H and O–H groups in total. The lowest BCUT2D eigenvalue weighted by Crippen LogP contribution is -2.26. The molecule has 0 heterocycles. The highest BCUT2D eigenvalue weighted by Crippen LogP contribution is 2.27. The second-order valence-electron chi connectivity index (χ2n) is 5.31. The Labute approximate surface area is 126 Å². The zero-order chi connectivity index (χ0) is 15.1. The van der Waals surface area contributed by atoms with Crippen molar-refractivity contribution in [3.63, 3.8) is 0 Å². The summed E-state index contributed by atoms with van der Waals surface area (Å²) in [5.41, 5.74) is 3.30. The van der Waals surface area contributed by atoms with Crippen LogP contribution in [0.4, 0.5) is 0 Å². The van der Waals surface area contributed by atoms with Crippen molar-refractivity contribution in [3.8, 4) is 5.75 Å². The van der Waals surface area contributed by atoms with E-state index in [1.54, 1.807) is 7.11 Å². The summed E-state index contributed by atoms with van der Waals surface area (Å²) < 4.78 is 5.13. The first-order chi connectivity index (χ1) is 10.2. The molecule has 112 valence electrons.